The molecule has 0 saturated carbocycles. The van der Waals surface area contributed by atoms with Gasteiger partial charge in [0, 0.05) is 22.8 Å². The molecule has 14 heteroatoms. The molecule has 0 aromatic heterocycles. The Bertz CT molecular complexity index is 642. The number of nitrogens with zero attached hydrogens (tertiary/aromatic N) is 1. The highest BCUT2D eigenvalue weighted by Crippen LogP contribution is 2.30. The Hall–Kier alpha value is -0.320. The third-order valence-electron chi connectivity index (χ3n) is 4.16. The highest BCUT2D eigenvalue weighted by atomic mass is 32.3. The first-order chi connectivity index (χ1) is 13.5. The Balaban J connectivity index is 2.64. The highest BCUT2D eigenvalue weighted by Gasteiger charge is 2.44. The molecule has 0 amide bonds. The van der Waals surface area contributed by atoms with Crippen molar-refractivity contribution in [1.82, 2.24) is 0 Å². The zero-order chi connectivity index (χ0) is 22.0. The zero-order valence-electron chi connectivity index (χ0n) is 16.0. The maximum Gasteiger partial charge on any atom is 0.466 e. The van der Waals surface area contributed by atoms with Crippen molar-refractivity contribution in [2.75, 3.05) is 18.6 Å². The van der Waals surface area contributed by atoms with Gasteiger partial charge in [-0.15, -0.1) is 0 Å². The van der Waals surface area contributed by atoms with Crippen molar-refractivity contribution >= 4 is 38.0 Å². The molecule has 0 aliphatic carbocycles. The predicted molar refractivity (Wildman–Crippen MR) is 108 cm³/mol. The molecule has 0 bridgehead atoms. The molecule has 0 aromatic carbocycles. The largest absolute Gasteiger partial charge is 0.466 e. The van der Waals surface area contributed by atoms with Gasteiger partial charge in [0.05, 0.1) is 6.61 Å². The van der Waals surface area contributed by atoms with E-state index in [1.165, 1.54) is 0 Å². The molecular formula is C15H29NO10S3. The molecule has 1 aliphatic rings. The summed E-state index contributed by atoms with van der Waals surface area (Å²) >= 11 is 0.766. The van der Waals surface area contributed by atoms with Gasteiger partial charge in [-0.25, -0.2) is 4.28 Å². The molecule has 1 aliphatic heterocycles. The second-order valence-electron chi connectivity index (χ2n) is 6.60. The van der Waals surface area contributed by atoms with Crippen LogP contribution in [0.1, 0.15) is 38.5 Å². The lowest BCUT2D eigenvalue weighted by atomic mass is 10.0. The smallest absolute Gasteiger partial charge is 0.394 e. The third kappa shape index (κ3) is 10.5. The number of hydrogen-bond acceptors (Lipinski definition) is 11. The second-order valence-corrected chi connectivity index (χ2v) is 10.3. The molecule has 6 unspecified atom stereocenters. The van der Waals surface area contributed by atoms with Gasteiger partial charge in [-0.3, -0.25) is 8.76 Å². The van der Waals surface area contributed by atoms with Crippen LogP contribution in [0, 0.1) is 0 Å². The van der Waals surface area contributed by atoms with E-state index in [4.69, 9.17) is 9.29 Å². The molecular weight excluding hydrogens is 450 g/mol. The van der Waals surface area contributed by atoms with Gasteiger partial charge < -0.3 is 25.2 Å². The number of thioether (sulfide) groups is 1. The fourth-order valence-corrected chi connectivity index (χ4v) is 4.58. The summed E-state index contributed by atoms with van der Waals surface area (Å²) in [6.07, 6.45) is 0.136. The molecule has 5 N–H and O–H groups in total. The normalized spacial score (nSPS) is 29.6. The summed E-state index contributed by atoms with van der Waals surface area (Å²) in [5.74, 6) is 0.641. The van der Waals surface area contributed by atoms with Crippen LogP contribution < -0.4 is 0 Å². The second kappa shape index (κ2) is 13.2. The minimum Gasteiger partial charge on any atom is -0.394 e. The summed E-state index contributed by atoms with van der Waals surface area (Å²) in [4.78, 5) is 0. The van der Waals surface area contributed by atoms with Gasteiger partial charge in [0.25, 0.3) is 0 Å². The summed E-state index contributed by atoms with van der Waals surface area (Å²) < 4.78 is 50.7. The number of aliphatic hydroxyl groups excluding tert-OH is 4. The van der Waals surface area contributed by atoms with Crippen molar-refractivity contribution in [3.63, 3.8) is 0 Å². The van der Waals surface area contributed by atoms with E-state index in [9.17, 15) is 33.1 Å². The fraction of sp³-hybridized carbons (Fsp3) is 0.933. The van der Waals surface area contributed by atoms with Gasteiger partial charge in [-0.2, -0.15) is 8.42 Å². The minimum atomic E-state index is -4.82. The number of rotatable bonds is 12. The molecule has 1 fully saturated rings. The Morgan fingerprint density at radius 3 is 2.31 bits per heavy atom. The van der Waals surface area contributed by atoms with Crippen LogP contribution in [-0.4, -0.2) is 91.1 Å². The molecule has 11 nitrogen and oxygen atoms in total. The SMILES string of the molecule is CS(=O)CCCCCCCC(=NOS(=O)(=O)O)SC1OC(CO)C(O)C(O)C1O. The first-order valence-corrected chi connectivity index (χ1v) is 13.0. The fourth-order valence-electron chi connectivity index (χ4n) is 2.63. The molecule has 0 spiro atoms. The lowest BCUT2D eigenvalue weighted by molar-refractivity contribution is -0.205. The van der Waals surface area contributed by atoms with Crippen molar-refractivity contribution in [2.45, 2.75) is 68.4 Å². The Morgan fingerprint density at radius 2 is 1.72 bits per heavy atom. The first-order valence-electron chi connectivity index (χ1n) is 9.05. The Kier molecular flexibility index (Phi) is 12.1. The first kappa shape index (κ1) is 26.7. The van der Waals surface area contributed by atoms with Gasteiger partial charge in [0.1, 0.15) is 34.9 Å². The van der Waals surface area contributed by atoms with Crippen LogP contribution in [0.5, 0.6) is 0 Å². The van der Waals surface area contributed by atoms with Crippen LogP contribution in [-0.2, 0) is 30.2 Å². The topological polar surface area (TPSA) is 183 Å². The van der Waals surface area contributed by atoms with E-state index < -0.39 is 57.7 Å². The zero-order valence-corrected chi connectivity index (χ0v) is 18.4. The van der Waals surface area contributed by atoms with Crippen LogP contribution in [0.15, 0.2) is 5.16 Å². The molecule has 6 atom stereocenters. The van der Waals surface area contributed by atoms with E-state index >= 15 is 0 Å². The van der Waals surface area contributed by atoms with Crippen LogP contribution in [0.2, 0.25) is 0 Å². The third-order valence-corrected chi connectivity index (χ3v) is 6.46. The number of hydrogen-bond donors (Lipinski definition) is 5. The van der Waals surface area contributed by atoms with E-state index in [-0.39, 0.29) is 11.5 Å². The molecule has 1 heterocycles. The van der Waals surface area contributed by atoms with E-state index in [0.717, 1.165) is 37.4 Å². The number of ether oxygens (including phenoxy) is 1. The minimum absolute atomic E-state index is 0.0848. The van der Waals surface area contributed by atoms with Crippen molar-refractivity contribution in [1.29, 1.82) is 0 Å². The van der Waals surface area contributed by atoms with Gasteiger partial charge in [-0.1, -0.05) is 36.2 Å². The molecule has 172 valence electrons. The van der Waals surface area contributed by atoms with E-state index in [1.54, 1.807) is 6.26 Å². The average Bonchev–Trinajstić information content (AvgIpc) is 2.64. The molecule has 1 rings (SSSR count). The van der Waals surface area contributed by atoms with Gasteiger partial charge in [0.15, 0.2) is 0 Å². The standard InChI is InChI=1S/C15H29NO10S3/c1-28(21)8-6-4-2-3-5-7-11(16-26-29(22,23)24)27-15-14(20)13(19)12(18)10(9-17)25-15/h10,12-15,17-20H,2-9H2,1H3,(H,22,23,24). The number of aliphatic hydroxyl groups is 4. The maximum absolute atomic E-state index is 11.0. The lowest BCUT2D eigenvalue weighted by Gasteiger charge is -2.39. The van der Waals surface area contributed by atoms with Crippen LogP contribution >= 0.6 is 11.8 Å². The Labute approximate surface area is 176 Å². The number of unbranched alkanes of at least 4 members (excludes halogenated alkanes) is 4. The van der Waals surface area contributed by atoms with Gasteiger partial charge >= 0.3 is 10.4 Å². The Morgan fingerprint density at radius 1 is 1.10 bits per heavy atom. The summed E-state index contributed by atoms with van der Waals surface area (Å²) in [5.41, 5.74) is -1.14. The van der Waals surface area contributed by atoms with Crippen molar-refractivity contribution < 1.29 is 46.6 Å². The monoisotopic (exact) mass is 479 g/mol. The quantitative estimate of drug-likeness (QED) is 0.0789. The lowest BCUT2D eigenvalue weighted by Crippen LogP contribution is -2.57. The van der Waals surface area contributed by atoms with Crippen LogP contribution in [0.3, 0.4) is 0 Å². The summed E-state index contributed by atoms with van der Waals surface area (Å²) in [5, 5.41) is 42.4. The summed E-state index contributed by atoms with van der Waals surface area (Å²) in [6, 6.07) is 0. The van der Waals surface area contributed by atoms with Crippen LogP contribution in [0.25, 0.3) is 0 Å². The van der Waals surface area contributed by atoms with E-state index in [0.29, 0.717) is 12.2 Å². The molecule has 0 radical (unpaired) electrons. The van der Waals surface area contributed by atoms with Crippen molar-refractivity contribution in [3.8, 4) is 0 Å². The van der Waals surface area contributed by atoms with Crippen molar-refractivity contribution in [3.05, 3.63) is 0 Å². The molecule has 29 heavy (non-hydrogen) atoms. The molecule has 1 saturated heterocycles. The summed E-state index contributed by atoms with van der Waals surface area (Å²) in [6.45, 7) is -0.599. The molecule has 0 aromatic rings. The predicted octanol–water partition coefficient (Wildman–Crippen LogP) is -0.628. The van der Waals surface area contributed by atoms with E-state index in [1.807, 2.05) is 0 Å². The van der Waals surface area contributed by atoms with Crippen LogP contribution in [0.4, 0.5) is 0 Å². The average molecular weight is 480 g/mol. The van der Waals surface area contributed by atoms with E-state index in [2.05, 4.69) is 9.44 Å². The number of oxime groups is 1. The van der Waals surface area contributed by atoms with Gasteiger partial charge in [0.2, 0.25) is 0 Å². The maximum atomic E-state index is 11.0. The van der Waals surface area contributed by atoms with Gasteiger partial charge in [-0.05, 0) is 19.3 Å². The summed E-state index contributed by atoms with van der Waals surface area (Å²) in [7, 11) is -5.64. The highest BCUT2D eigenvalue weighted by molar-refractivity contribution is 8.14. The van der Waals surface area contributed by atoms with Crippen molar-refractivity contribution in [2.24, 2.45) is 5.16 Å².